The number of amides is 1. The van der Waals surface area contributed by atoms with E-state index in [1.807, 2.05) is 45.2 Å². The van der Waals surface area contributed by atoms with Crippen LogP contribution in [0.4, 0.5) is 0 Å². The van der Waals surface area contributed by atoms with E-state index in [2.05, 4.69) is 15.3 Å². The Kier molecular flexibility index (Phi) is 4.18. The minimum absolute atomic E-state index is 0.161. The van der Waals surface area contributed by atoms with Gasteiger partial charge in [-0.15, -0.1) is 11.3 Å². The summed E-state index contributed by atoms with van der Waals surface area (Å²) in [6.45, 7) is 7.87. The summed E-state index contributed by atoms with van der Waals surface area (Å²) in [5.41, 5.74) is 1.80. The molecule has 0 aliphatic carbocycles. The Balaban J connectivity index is 2.24. The molecule has 2 aromatic heterocycles. The number of hydrogen-bond acceptors (Lipinski definition) is 4. The van der Waals surface area contributed by atoms with Crippen LogP contribution in [0.3, 0.4) is 0 Å². The lowest BCUT2D eigenvalue weighted by atomic mass is 9.99. The van der Waals surface area contributed by atoms with E-state index >= 15 is 0 Å². The van der Waals surface area contributed by atoms with Gasteiger partial charge in [0.15, 0.2) is 0 Å². The zero-order chi connectivity index (χ0) is 14.8. The average Bonchev–Trinajstić information content (AvgIpc) is 2.86. The molecule has 0 fully saturated rings. The van der Waals surface area contributed by atoms with Crippen LogP contribution in [0.1, 0.15) is 47.2 Å². The highest BCUT2D eigenvalue weighted by molar-refractivity contribution is 7.09. The Bertz CT molecular complexity index is 623. The van der Waals surface area contributed by atoms with Crippen molar-refractivity contribution in [2.24, 2.45) is 0 Å². The number of thiazole rings is 1. The second kappa shape index (κ2) is 5.71. The molecule has 0 spiro atoms. The van der Waals surface area contributed by atoms with Gasteiger partial charge in [0.25, 0.3) is 5.91 Å². The molecule has 4 nitrogen and oxygen atoms in total. The Morgan fingerprint density at radius 3 is 2.60 bits per heavy atom. The van der Waals surface area contributed by atoms with Crippen LogP contribution >= 0.6 is 11.3 Å². The van der Waals surface area contributed by atoms with Crippen molar-refractivity contribution in [3.05, 3.63) is 45.7 Å². The second-order valence-electron chi connectivity index (χ2n) is 5.10. The zero-order valence-electron chi connectivity index (χ0n) is 12.2. The Morgan fingerprint density at radius 1 is 1.30 bits per heavy atom. The summed E-state index contributed by atoms with van der Waals surface area (Å²) in [6, 6.07) is 5.44. The third-order valence-corrected chi connectivity index (χ3v) is 4.53. The first-order valence-electron chi connectivity index (χ1n) is 6.63. The lowest BCUT2D eigenvalue weighted by Crippen LogP contribution is -2.43. The highest BCUT2D eigenvalue weighted by Crippen LogP contribution is 2.27. The molecular formula is C15H19N3OS. The van der Waals surface area contributed by atoms with E-state index in [0.29, 0.717) is 5.69 Å². The molecule has 1 N–H and O–H groups in total. The monoisotopic (exact) mass is 289 g/mol. The molecule has 0 aliphatic rings. The maximum absolute atomic E-state index is 12.4. The smallest absolute Gasteiger partial charge is 0.270 e. The van der Waals surface area contributed by atoms with E-state index in [4.69, 9.17) is 0 Å². The van der Waals surface area contributed by atoms with Crippen molar-refractivity contribution in [1.29, 1.82) is 0 Å². The summed E-state index contributed by atoms with van der Waals surface area (Å²) in [7, 11) is 0. The number of pyridine rings is 1. The third-order valence-electron chi connectivity index (χ3n) is 3.31. The lowest BCUT2D eigenvalue weighted by Gasteiger charge is -2.27. The fraction of sp³-hybridized carbons (Fsp3) is 0.400. The van der Waals surface area contributed by atoms with Gasteiger partial charge in [-0.2, -0.15) is 0 Å². The average molecular weight is 289 g/mol. The molecule has 0 aromatic carbocycles. The molecule has 106 valence electrons. The minimum atomic E-state index is -0.457. The van der Waals surface area contributed by atoms with Gasteiger partial charge >= 0.3 is 0 Å². The van der Waals surface area contributed by atoms with Gasteiger partial charge < -0.3 is 5.32 Å². The lowest BCUT2D eigenvalue weighted by molar-refractivity contribution is 0.0896. The van der Waals surface area contributed by atoms with Gasteiger partial charge in [0.05, 0.1) is 5.54 Å². The van der Waals surface area contributed by atoms with Crippen molar-refractivity contribution in [2.75, 3.05) is 0 Å². The van der Waals surface area contributed by atoms with Crippen molar-refractivity contribution in [3.8, 4) is 0 Å². The predicted molar refractivity (Wildman–Crippen MR) is 80.9 cm³/mol. The summed E-state index contributed by atoms with van der Waals surface area (Å²) in [5.74, 6) is -0.161. The molecule has 0 radical (unpaired) electrons. The number of carbonyl (C=O) groups excluding carboxylic acids is 1. The molecule has 1 unspecified atom stereocenters. The van der Waals surface area contributed by atoms with Gasteiger partial charge in [-0.25, -0.2) is 9.97 Å². The molecule has 0 aliphatic heterocycles. The topological polar surface area (TPSA) is 54.9 Å². The van der Waals surface area contributed by atoms with Crippen molar-refractivity contribution in [1.82, 2.24) is 15.3 Å². The third kappa shape index (κ3) is 3.04. The summed E-state index contributed by atoms with van der Waals surface area (Å²) in [5, 5.41) is 5.99. The van der Waals surface area contributed by atoms with Gasteiger partial charge in [0.1, 0.15) is 10.7 Å². The maximum atomic E-state index is 12.4. The van der Waals surface area contributed by atoms with Crippen LogP contribution in [-0.4, -0.2) is 15.9 Å². The van der Waals surface area contributed by atoms with Crippen LogP contribution in [0.2, 0.25) is 0 Å². The normalized spacial score (nSPS) is 13.8. The summed E-state index contributed by atoms with van der Waals surface area (Å²) < 4.78 is 0. The van der Waals surface area contributed by atoms with Crippen LogP contribution in [0.25, 0.3) is 0 Å². The highest BCUT2D eigenvalue weighted by Gasteiger charge is 2.30. The molecule has 0 saturated carbocycles. The quantitative estimate of drug-likeness (QED) is 0.940. The first-order chi connectivity index (χ1) is 9.44. The van der Waals surface area contributed by atoms with E-state index in [0.717, 1.165) is 22.8 Å². The molecule has 2 rings (SSSR count). The molecule has 0 saturated heterocycles. The SMILES string of the molecule is CCC(C)(NC(=O)c1cccc(C)n1)c1nc(C)cs1. The number of aromatic nitrogens is 2. The number of nitrogens with zero attached hydrogens (tertiary/aromatic N) is 2. The van der Waals surface area contributed by atoms with Crippen LogP contribution in [0.15, 0.2) is 23.6 Å². The number of aryl methyl sites for hydroxylation is 2. The number of hydrogen-bond donors (Lipinski definition) is 1. The molecule has 2 heterocycles. The highest BCUT2D eigenvalue weighted by atomic mass is 32.1. The summed E-state index contributed by atoms with van der Waals surface area (Å²) in [4.78, 5) is 21.1. The van der Waals surface area contributed by atoms with Gasteiger partial charge in [-0.1, -0.05) is 13.0 Å². The van der Waals surface area contributed by atoms with Gasteiger partial charge in [0, 0.05) is 16.8 Å². The molecule has 0 bridgehead atoms. The first-order valence-corrected chi connectivity index (χ1v) is 7.51. The van der Waals surface area contributed by atoms with Crippen LogP contribution in [-0.2, 0) is 5.54 Å². The molecule has 20 heavy (non-hydrogen) atoms. The van der Waals surface area contributed by atoms with Crippen molar-refractivity contribution in [2.45, 2.75) is 39.7 Å². The molecular weight excluding hydrogens is 270 g/mol. The second-order valence-corrected chi connectivity index (χ2v) is 5.96. The van der Waals surface area contributed by atoms with Gasteiger partial charge in [0.2, 0.25) is 0 Å². The van der Waals surface area contributed by atoms with Crippen LogP contribution < -0.4 is 5.32 Å². The largest absolute Gasteiger partial charge is 0.339 e. The maximum Gasteiger partial charge on any atom is 0.270 e. The van der Waals surface area contributed by atoms with Crippen LogP contribution in [0, 0.1) is 13.8 Å². The first kappa shape index (κ1) is 14.7. The Hall–Kier alpha value is -1.75. The molecule has 1 amide bonds. The standard InChI is InChI=1S/C15H19N3OS/c1-5-15(4,14-17-11(3)9-20-14)18-13(19)12-8-6-7-10(2)16-12/h6-9H,5H2,1-4H3,(H,18,19). The fourth-order valence-corrected chi connectivity index (χ4v) is 2.87. The van der Waals surface area contributed by atoms with Gasteiger partial charge in [-0.05, 0) is 39.3 Å². The van der Waals surface area contributed by atoms with E-state index in [9.17, 15) is 4.79 Å². The Labute approximate surface area is 123 Å². The zero-order valence-corrected chi connectivity index (χ0v) is 13.0. The molecule has 1 atom stereocenters. The predicted octanol–water partition coefficient (Wildman–Crippen LogP) is 3.21. The van der Waals surface area contributed by atoms with E-state index in [1.165, 1.54) is 0 Å². The fourth-order valence-electron chi connectivity index (χ4n) is 1.88. The number of nitrogens with one attached hydrogen (secondary N) is 1. The summed E-state index contributed by atoms with van der Waals surface area (Å²) >= 11 is 1.58. The van der Waals surface area contributed by atoms with Crippen molar-refractivity contribution < 1.29 is 4.79 Å². The van der Waals surface area contributed by atoms with Crippen molar-refractivity contribution in [3.63, 3.8) is 0 Å². The van der Waals surface area contributed by atoms with Gasteiger partial charge in [-0.3, -0.25) is 4.79 Å². The van der Waals surface area contributed by atoms with Crippen molar-refractivity contribution >= 4 is 17.2 Å². The number of carbonyl (C=O) groups is 1. The minimum Gasteiger partial charge on any atom is -0.339 e. The molecule has 5 heteroatoms. The molecule has 2 aromatic rings. The Morgan fingerprint density at radius 2 is 2.05 bits per heavy atom. The van der Waals surface area contributed by atoms with E-state index < -0.39 is 5.54 Å². The van der Waals surface area contributed by atoms with E-state index in [1.54, 1.807) is 17.4 Å². The van der Waals surface area contributed by atoms with Crippen LogP contribution in [0.5, 0.6) is 0 Å². The van der Waals surface area contributed by atoms with E-state index in [-0.39, 0.29) is 5.91 Å². The summed E-state index contributed by atoms with van der Waals surface area (Å²) in [6.07, 6.45) is 0.775. The number of rotatable bonds is 4.